The minimum Gasteiger partial charge on any atom is -0.303 e. The molecule has 56 heavy (non-hydrogen) atoms. The van der Waals surface area contributed by atoms with Gasteiger partial charge in [-0.15, -0.1) is 0 Å². The van der Waals surface area contributed by atoms with Crippen molar-refractivity contribution in [1.29, 1.82) is 0 Å². The standard InChI is InChI=1S/C54H93NO/c1-12-15-24-46(26-28-52(56)50-38-47(50)27-25-45-30-35-55(34-13-2)36-31-45)37-49-42(8)43(9)53-48(44(49)10)29-33-54(11,51(53)14-3)32-18-23-41(7)22-17-21-40(6)20-16-19-39(4)5/h24,39-41,45,47,50-51H,12-23,25-38H2,1-11H3/b46-24-. The average Bonchev–Trinajstić information content (AvgIpc) is 3.95. The molecule has 6 unspecified atom stereocenters. The number of unbranched alkanes of at least 4 members (excludes halogenated alkanes) is 1. The van der Waals surface area contributed by atoms with Crippen LogP contribution in [0.3, 0.4) is 0 Å². The predicted molar refractivity (Wildman–Crippen MR) is 246 cm³/mol. The van der Waals surface area contributed by atoms with Gasteiger partial charge in [-0.3, -0.25) is 4.79 Å². The highest BCUT2D eigenvalue weighted by atomic mass is 16.1. The van der Waals surface area contributed by atoms with Gasteiger partial charge in [0.25, 0.3) is 0 Å². The molecular formula is C54H93NO. The van der Waals surface area contributed by atoms with E-state index in [-0.39, 0.29) is 0 Å². The second-order valence-corrected chi connectivity index (χ2v) is 21.0. The summed E-state index contributed by atoms with van der Waals surface area (Å²) in [6.07, 6.45) is 31.8. The van der Waals surface area contributed by atoms with Crippen LogP contribution < -0.4 is 0 Å². The Bertz CT molecular complexity index is 1360. The van der Waals surface area contributed by atoms with Gasteiger partial charge in [-0.25, -0.2) is 0 Å². The lowest BCUT2D eigenvalue weighted by Crippen LogP contribution is -2.34. The zero-order valence-electron chi connectivity index (χ0n) is 39.4. The first kappa shape index (κ1) is 47.3. The summed E-state index contributed by atoms with van der Waals surface area (Å²) >= 11 is 0. The van der Waals surface area contributed by atoms with Crippen LogP contribution in [0, 0.1) is 61.7 Å². The number of Topliss-reactive ketones (excluding diaryl/α,β-unsaturated/α-hetero) is 1. The van der Waals surface area contributed by atoms with Crippen LogP contribution in [0.4, 0.5) is 0 Å². The third kappa shape index (κ3) is 13.8. The Morgan fingerprint density at radius 3 is 2.11 bits per heavy atom. The maximum atomic E-state index is 13.5. The maximum absolute atomic E-state index is 13.5. The van der Waals surface area contributed by atoms with Gasteiger partial charge in [-0.1, -0.05) is 131 Å². The summed E-state index contributed by atoms with van der Waals surface area (Å²) in [5.74, 6) is 5.74. The molecule has 1 saturated carbocycles. The molecule has 1 heterocycles. The highest BCUT2D eigenvalue weighted by Crippen LogP contribution is 2.53. The second kappa shape index (κ2) is 23.4. The molecule has 1 saturated heterocycles. The summed E-state index contributed by atoms with van der Waals surface area (Å²) in [5.41, 5.74) is 11.6. The number of ketones is 1. The molecule has 0 aromatic heterocycles. The molecule has 1 aromatic rings. The molecular weight excluding hydrogens is 679 g/mol. The molecule has 3 aliphatic rings. The molecule has 0 radical (unpaired) electrons. The van der Waals surface area contributed by atoms with Crippen LogP contribution in [0.15, 0.2) is 11.6 Å². The van der Waals surface area contributed by atoms with Gasteiger partial charge in [-0.2, -0.15) is 0 Å². The molecule has 2 aliphatic carbocycles. The normalized spacial score (nSPS) is 24.4. The fourth-order valence-electron chi connectivity index (χ4n) is 11.7. The van der Waals surface area contributed by atoms with Crippen molar-refractivity contribution in [2.45, 2.75) is 230 Å². The molecule has 2 nitrogen and oxygen atoms in total. The SMILES string of the molecule is CCC/C=C(/CCC(=O)C1CC1CCC1CCN(CCC)CC1)Cc1c(C)c(C)c2c(c1C)CCC(C)(CCCC(C)CCCC(C)CCCC(C)C)C2CC. The van der Waals surface area contributed by atoms with Crippen molar-refractivity contribution in [3.63, 3.8) is 0 Å². The number of fused-ring (bicyclic) bond motifs is 1. The number of carbonyl (C=O) groups excluding carboxylic acids is 1. The molecule has 0 bridgehead atoms. The largest absolute Gasteiger partial charge is 0.303 e. The minimum atomic E-state index is 0.360. The van der Waals surface area contributed by atoms with Gasteiger partial charge in [0.2, 0.25) is 0 Å². The molecule has 2 fully saturated rings. The van der Waals surface area contributed by atoms with E-state index in [1.54, 1.807) is 27.8 Å². The van der Waals surface area contributed by atoms with Crippen molar-refractivity contribution in [2.24, 2.45) is 40.9 Å². The molecule has 0 spiro atoms. The monoisotopic (exact) mass is 772 g/mol. The summed E-state index contributed by atoms with van der Waals surface area (Å²) in [6.45, 7) is 30.6. The Kier molecular flexibility index (Phi) is 19.8. The van der Waals surface area contributed by atoms with E-state index in [0.29, 0.717) is 29.0 Å². The first-order chi connectivity index (χ1) is 26.8. The van der Waals surface area contributed by atoms with Crippen molar-refractivity contribution < 1.29 is 4.79 Å². The highest BCUT2D eigenvalue weighted by molar-refractivity contribution is 5.84. The number of allylic oxidation sites excluding steroid dienone is 2. The topological polar surface area (TPSA) is 20.3 Å². The van der Waals surface area contributed by atoms with Gasteiger partial charge in [-0.05, 0) is 192 Å². The first-order valence-corrected chi connectivity index (χ1v) is 24.9. The number of likely N-dealkylation sites (tertiary alicyclic amines) is 1. The number of piperidine rings is 1. The van der Waals surface area contributed by atoms with Crippen molar-refractivity contribution >= 4 is 5.78 Å². The fraction of sp³-hybridized carbons (Fsp3) is 0.833. The van der Waals surface area contributed by atoms with Crippen molar-refractivity contribution in [1.82, 2.24) is 4.90 Å². The number of nitrogens with zero attached hydrogens (tertiary/aromatic N) is 1. The van der Waals surface area contributed by atoms with Gasteiger partial charge in [0.15, 0.2) is 0 Å². The van der Waals surface area contributed by atoms with E-state index in [0.717, 1.165) is 49.4 Å². The Balaban J connectivity index is 1.30. The zero-order valence-corrected chi connectivity index (χ0v) is 39.4. The Morgan fingerprint density at radius 2 is 1.48 bits per heavy atom. The van der Waals surface area contributed by atoms with Gasteiger partial charge < -0.3 is 4.90 Å². The molecule has 320 valence electrons. The lowest BCUT2D eigenvalue weighted by atomic mass is 9.59. The Hall–Kier alpha value is -1.41. The van der Waals surface area contributed by atoms with Crippen LogP contribution in [-0.4, -0.2) is 30.3 Å². The van der Waals surface area contributed by atoms with E-state index in [1.165, 1.54) is 153 Å². The molecule has 2 heteroatoms. The molecule has 6 atom stereocenters. The maximum Gasteiger partial charge on any atom is 0.136 e. The van der Waals surface area contributed by atoms with Crippen molar-refractivity contribution in [3.8, 4) is 0 Å². The van der Waals surface area contributed by atoms with E-state index in [9.17, 15) is 4.79 Å². The van der Waals surface area contributed by atoms with Crippen LogP contribution in [0.5, 0.6) is 0 Å². The summed E-state index contributed by atoms with van der Waals surface area (Å²) in [6, 6.07) is 0. The summed E-state index contributed by atoms with van der Waals surface area (Å²) < 4.78 is 0. The van der Waals surface area contributed by atoms with E-state index in [1.807, 2.05) is 0 Å². The third-order valence-electron chi connectivity index (χ3n) is 15.9. The van der Waals surface area contributed by atoms with Crippen LogP contribution in [0.25, 0.3) is 0 Å². The van der Waals surface area contributed by atoms with Gasteiger partial charge in [0.1, 0.15) is 5.78 Å². The second-order valence-electron chi connectivity index (χ2n) is 21.0. The highest BCUT2D eigenvalue weighted by Gasteiger charge is 2.42. The first-order valence-electron chi connectivity index (χ1n) is 24.9. The van der Waals surface area contributed by atoms with Crippen LogP contribution in [-0.2, 0) is 17.6 Å². The average molecular weight is 772 g/mol. The molecule has 4 rings (SSSR count). The Labute approximate surface area is 349 Å². The van der Waals surface area contributed by atoms with Crippen LogP contribution in [0.2, 0.25) is 0 Å². The number of benzene rings is 1. The van der Waals surface area contributed by atoms with Crippen LogP contribution in [0.1, 0.15) is 230 Å². The number of rotatable bonds is 26. The zero-order chi connectivity index (χ0) is 40.8. The molecule has 0 amide bonds. The lowest BCUT2D eigenvalue weighted by Gasteiger charge is -2.45. The third-order valence-corrected chi connectivity index (χ3v) is 15.9. The van der Waals surface area contributed by atoms with E-state index >= 15 is 0 Å². The Morgan fingerprint density at radius 1 is 0.821 bits per heavy atom. The molecule has 1 aliphatic heterocycles. The number of hydrogen-bond acceptors (Lipinski definition) is 2. The smallest absolute Gasteiger partial charge is 0.136 e. The predicted octanol–water partition coefficient (Wildman–Crippen LogP) is 15.7. The van der Waals surface area contributed by atoms with E-state index in [2.05, 4.69) is 87.1 Å². The van der Waals surface area contributed by atoms with Crippen molar-refractivity contribution in [3.05, 3.63) is 45.0 Å². The summed E-state index contributed by atoms with van der Waals surface area (Å²) in [5, 5.41) is 0. The van der Waals surface area contributed by atoms with E-state index in [4.69, 9.17) is 0 Å². The van der Waals surface area contributed by atoms with Crippen LogP contribution >= 0.6 is 0 Å². The molecule has 1 aromatic carbocycles. The van der Waals surface area contributed by atoms with Gasteiger partial charge >= 0.3 is 0 Å². The van der Waals surface area contributed by atoms with Crippen molar-refractivity contribution in [2.75, 3.05) is 19.6 Å². The van der Waals surface area contributed by atoms with Gasteiger partial charge in [0.05, 0.1) is 0 Å². The number of carbonyl (C=O) groups is 1. The number of hydrogen-bond donors (Lipinski definition) is 0. The van der Waals surface area contributed by atoms with Gasteiger partial charge in [0, 0.05) is 12.3 Å². The molecule has 0 N–H and O–H groups in total. The lowest BCUT2D eigenvalue weighted by molar-refractivity contribution is -0.120. The minimum absolute atomic E-state index is 0.360. The quantitative estimate of drug-likeness (QED) is 0.0874. The van der Waals surface area contributed by atoms with E-state index < -0.39 is 0 Å². The fourth-order valence-corrected chi connectivity index (χ4v) is 11.7. The summed E-state index contributed by atoms with van der Waals surface area (Å²) in [4.78, 5) is 16.2. The summed E-state index contributed by atoms with van der Waals surface area (Å²) in [7, 11) is 0.